The highest BCUT2D eigenvalue weighted by Gasteiger charge is 2.23. The largest absolute Gasteiger partial charge is 0.370 e. The van der Waals surface area contributed by atoms with Crippen LogP contribution in [0.25, 0.3) is 0 Å². The summed E-state index contributed by atoms with van der Waals surface area (Å²) in [6.45, 7) is 8.61. The van der Waals surface area contributed by atoms with Crippen LogP contribution in [0.3, 0.4) is 0 Å². The lowest BCUT2D eigenvalue weighted by atomic mass is 9.86. The van der Waals surface area contributed by atoms with Crippen molar-refractivity contribution in [2.75, 3.05) is 24.5 Å². The monoisotopic (exact) mass is 362 g/mol. The molecule has 0 atom stereocenters. The number of nitrogens with one attached hydrogen (secondary N) is 1. The van der Waals surface area contributed by atoms with Crippen LogP contribution < -0.4 is 9.62 Å². The van der Waals surface area contributed by atoms with Crippen LogP contribution in [0.1, 0.15) is 31.9 Å². The van der Waals surface area contributed by atoms with E-state index in [2.05, 4.69) is 53.7 Å². The lowest BCUT2D eigenvalue weighted by Gasteiger charge is -2.22. The van der Waals surface area contributed by atoms with Gasteiger partial charge in [-0.25, -0.2) is 13.1 Å². The third-order valence-corrected chi connectivity index (χ3v) is 6.02. The third-order valence-electron chi connectivity index (χ3n) is 4.60. The van der Waals surface area contributed by atoms with E-state index in [0.717, 1.165) is 13.0 Å². The zero-order valence-electron chi connectivity index (χ0n) is 15.3. The molecule has 0 aliphatic carbocycles. The molecule has 1 aromatic carbocycles. The summed E-state index contributed by atoms with van der Waals surface area (Å²) >= 11 is 0. The van der Waals surface area contributed by atoms with E-state index in [1.807, 2.05) is 0 Å². The minimum Gasteiger partial charge on any atom is -0.370 e. The minimum absolute atomic E-state index is 0.141. The molecule has 1 aliphatic rings. The molecule has 1 aromatic heterocycles. The van der Waals surface area contributed by atoms with Crippen molar-refractivity contribution in [3.63, 3.8) is 0 Å². The first kappa shape index (κ1) is 17.9. The van der Waals surface area contributed by atoms with E-state index in [1.54, 1.807) is 7.05 Å². The molecule has 0 amide bonds. The Hall–Kier alpha value is -1.86. The molecule has 0 radical (unpaired) electrons. The van der Waals surface area contributed by atoms with Gasteiger partial charge in [0.05, 0.1) is 6.20 Å². The standard InChI is InChI=1S/C18H26N4O2S/c1-18(2,3)15-5-6-17-14(11-15)7-9-22(17)10-8-20-25(23,24)16-12-19-21(4)13-16/h5-6,11-13,20H,7-10H2,1-4H3. The molecule has 0 fully saturated rings. The molecular weight excluding hydrogens is 336 g/mol. The average molecular weight is 362 g/mol. The predicted molar refractivity (Wildman–Crippen MR) is 99.5 cm³/mol. The van der Waals surface area contributed by atoms with Crippen LogP contribution >= 0.6 is 0 Å². The lowest BCUT2D eigenvalue weighted by Crippen LogP contribution is -2.34. The van der Waals surface area contributed by atoms with Crippen LogP contribution in [0.4, 0.5) is 5.69 Å². The number of rotatable bonds is 5. The Balaban J connectivity index is 1.63. The van der Waals surface area contributed by atoms with Gasteiger partial charge < -0.3 is 4.90 Å². The number of hydrogen-bond donors (Lipinski definition) is 1. The summed E-state index contributed by atoms with van der Waals surface area (Å²) in [7, 11) is -1.79. The number of aryl methyl sites for hydroxylation is 1. The van der Waals surface area contributed by atoms with Gasteiger partial charge in [-0.3, -0.25) is 4.68 Å². The van der Waals surface area contributed by atoms with Gasteiger partial charge in [0.25, 0.3) is 0 Å². The predicted octanol–water partition coefficient (Wildman–Crippen LogP) is 2.06. The van der Waals surface area contributed by atoms with Gasteiger partial charge in [-0.2, -0.15) is 5.10 Å². The molecule has 0 spiro atoms. The topological polar surface area (TPSA) is 67.2 Å². The van der Waals surface area contributed by atoms with Gasteiger partial charge in [0.2, 0.25) is 10.0 Å². The van der Waals surface area contributed by atoms with Crippen molar-refractivity contribution < 1.29 is 8.42 Å². The van der Waals surface area contributed by atoms with Gasteiger partial charge in [-0.1, -0.05) is 32.9 Å². The number of sulfonamides is 1. The van der Waals surface area contributed by atoms with Gasteiger partial charge >= 0.3 is 0 Å². The van der Waals surface area contributed by atoms with Crippen molar-refractivity contribution in [1.82, 2.24) is 14.5 Å². The van der Waals surface area contributed by atoms with E-state index in [-0.39, 0.29) is 10.3 Å². The van der Waals surface area contributed by atoms with Crippen molar-refractivity contribution in [3.8, 4) is 0 Å². The summed E-state index contributed by atoms with van der Waals surface area (Å²) < 4.78 is 28.6. The maximum Gasteiger partial charge on any atom is 0.243 e. The Morgan fingerprint density at radius 3 is 2.68 bits per heavy atom. The SMILES string of the molecule is Cn1cc(S(=O)(=O)NCCN2CCc3cc(C(C)(C)C)ccc32)cn1. The van der Waals surface area contributed by atoms with E-state index in [9.17, 15) is 8.42 Å². The molecule has 0 bridgehead atoms. The number of anilines is 1. The van der Waals surface area contributed by atoms with Crippen LogP contribution in [-0.4, -0.2) is 37.8 Å². The van der Waals surface area contributed by atoms with Gasteiger partial charge in [-0.15, -0.1) is 0 Å². The van der Waals surface area contributed by atoms with Crippen molar-refractivity contribution in [1.29, 1.82) is 0 Å². The summed E-state index contributed by atoms with van der Waals surface area (Å²) in [6.07, 6.45) is 3.87. The summed E-state index contributed by atoms with van der Waals surface area (Å²) in [5.41, 5.74) is 4.04. The third kappa shape index (κ3) is 3.88. The molecule has 0 unspecified atom stereocenters. The van der Waals surface area contributed by atoms with Crippen LogP contribution in [0, 0.1) is 0 Å². The Labute approximate surface area is 149 Å². The van der Waals surface area contributed by atoms with Crippen molar-refractivity contribution in [2.24, 2.45) is 7.05 Å². The average Bonchev–Trinajstić information content (AvgIpc) is 3.13. The fourth-order valence-electron chi connectivity index (χ4n) is 3.10. The zero-order valence-corrected chi connectivity index (χ0v) is 16.1. The Kier molecular flexibility index (Phi) is 4.64. The van der Waals surface area contributed by atoms with Crippen LogP contribution in [-0.2, 0) is 28.9 Å². The van der Waals surface area contributed by atoms with E-state index in [1.165, 1.54) is 33.9 Å². The molecular formula is C18H26N4O2S. The fourth-order valence-corrected chi connectivity index (χ4v) is 4.11. The molecule has 6 nitrogen and oxygen atoms in total. The second kappa shape index (κ2) is 6.46. The molecule has 2 heterocycles. The second-order valence-electron chi connectivity index (χ2n) is 7.58. The van der Waals surface area contributed by atoms with Crippen molar-refractivity contribution >= 4 is 15.7 Å². The number of benzene rings is 1. The van der Waals surface area contributed by atoms with E-state index < -0.39 is 10.0 Å². The van der Waals surface area contributed by atoms with E-state index in [4.69, 9.17) is 0 Å². The summed E-state index contributed by atoms with van der Waals surface area (Å²) in [5, 5.41) is 3.91. The number of hydrogen-bond acceptors (Lipinski definition) is 4. The van der Waals surface area contributed by atoms with E-state index >= 15 is 0 Å². The quantitative estimate of drug-likeness (QED) is 0.884. The van der Waals surface area contributed by atoms with Gasteiger partial charge in [0.1, 0.15) is 4.90 Å². The van der Waals surface area contributed by atoms with Crippen LogP contribution in [0.5, 0.6) is 0 Å². The Morgan fingerprint density at radius 1 is 1.28 bits per heavy atom. The normalized spacial score (nSPS) is 14.8. The van der Waals surface area contributed by atoms with Crippen molar-refractivity contribution in [2.45, 2.75) is 37.5 Å². The number of aromatic nitrogens is 2. The molecule has 3 rings (SSSR count). The highest BCUT2D eigenvalue weighted by atomic mass is 32.2. The highest BCUT2D eigenvalue weighted by Crippen LogP contribution is 2.32. The Morgan fingerprint density at radius 2 is 2.04 bits per heavy atom. The number of fused-ring (bicyclic) bond motifs is 1. The fraction of sp³-hybridized carbons (Fsp3) is 0.500. The van der Waals surface area contributed by atoms with Crippen LogP contribution in [0.15, 0.2) is 35.5 Å². The smallest absolute Gasteiger partial charge is 0.243 e. The van der Waals surface area contributed by atoms with Gasteiger partial charge in [0, 0.05) is 38.6 Å². The highest BCUT2D eigenvalue weighted by molar-refractivity contribution is 7.89. The molecule has 0 saturated heterocycles. The summed E-state index contributed by atoms with van der Waals surface area (Å²) in [4.78, 5) is 2.44. The van der Waals surface area contributed by atoms with E-state index in [0.29, 0.717) is 13.1 Å². The van der Waals surface area contributed by atoms with Crippen LogP contribution in [0.2, 0.25) is 0 Å². The summed E-state index contributed by atoms with van der Waals surface area (Å²) in [5.74, 6) is 0. The number of nitrogens with zero attached hydrogens (tertiary/aromatic N) is 3. The van der Waals surface area contributed by atoms with Crippen molar-refractivity contribution in [3.05, 3.63) is 41.7 Å². The first-order valence-electron chi connectivity index (χ1n) is 8.53. The lowest BCUT2D eigenvalue weighted by molar-refractivity contribution is 0.580. The second-order valence-corrected chi connectivity index (χ2v) is 9.34. The molecule has 1 N–H and O–H groups in total. The molecule has 0 saturated carbocycles. The summed E-state index contributed by atoms with van der Waals surface area (Å²) in [6, 6.07) is 6.63. The molecule has 1 aliphatic heterocycles. The first-order chi connectivity index (χ1) is 11.7. The molecule has 7 heteroatoms. The zero-order chi connectivity index (χ0) is 18.2. The molecule has 2 aromatic rings. The van der Waals surface area contributed by atoms with Gasteiger partial charge in [-0.05, 0) is 29.0 Å². The maximum absolute atomic E-state index is 12.2. The molecule has 25 heavy (non-hydrogen) atoms. The minimum atomic E-state index is -3.49. The van der Waals surface area contributed by atoms with Gasteiger partial charge in [0.15, 0.2) is 0 Å². The maximum atomic E-state index is 12.2. The first-order valence-corrected chi connectivity index (χ1v) is 10.0. The Bertz CT molecular complexity index is 865. The molecule has 136 valence electrons.